The highest BCUT2D eigenvalue weighted by molar-refractivity contribution is 7.11. The number of hydrogen-bond acceptors (Lipinski definition) is 4. The van der Waals surface area contributed by atoms with E-state index in [2.05, 4.69) is 0 Å². The smallest absolute Gasteiger partial charge is 0.343 e. The number of hydrogen-bond donors (Lipinski definition) is 0. The van der Waals surface area contributed by atoms with E-state index in [4.69, 9.17) is 9.47 Å². The number of thiophene rings is 1. The Kier molecular flexibility index (Phi) is 4.42. The molecule has 0 aliphatic carbocycles. The van der Waals surface area contributed by atoms with Crippen molar-refractivity contribution in [2.45, 2.75) is 6.92 Å². The lowest BCUT2D eigenvalue weighted by Crippen LogP contribution is -1.97. The average Bonchev–Trinajstić information content (AvgIpc) is 3.23. The van der Waals surface area contributed by atoms with Gasteiger partial charge in [-0.2, -0.15) is 0 Å². The minimum absolute atomic E-state index is 0.322. The molecule has 0 saturated carbocycles. The van der Waals surface area contributed by atoms with Crippen molar-refractivity contribution < 1.29 is 14.3 Å². The fourth-order valence-corrected chi connectivity index (χ4v) is 3.48. The molecule has 0 fully saturated rings. The molecule has 1 aromatic heterocycles. The lowest BCUT2D eigenvalue weighted by molar-refractivity contribution is -0.130. The van der Waals surface area contributed by atoms with E-state index in [9.17, 15) is 4.79 Å². The van der Waals surface area contributed by atoms with E-state index in [-0.39, 0.29) is 5.97 Å². The maximum Gasteiger partial charge on any atom is 0.343 e. The zero-order valence-corrected chi connectivity index (χ0v) is 15.0. The van der Waals surface area contributed by atoms with Crippen LogP contribution in [0.15, 0.2) is 77.7 Å². The maximum atomic E-state index is 12.1. The van der Waals surface area contributed by atoms with E-state index in [0.29, 0.717) is 11.3 Å². The van der Waals surface area contributed by atoms with Crippen LogP contribution in [0.1, 0.15) is 16.0 Å². The van der Waals surface area contributed by atoms with Crippen LogP contribution >= 0.6 is 11.3 Å². The van der Waals surface area contributed by atoms with Crippen LogP contribution in [0.2, 0.25) is 0 Å². The third kappa shape index (κ3) is 3.46. The Morgan fingerprint density at radius 3 is 2.38 bits per heavy atom. The van der Waals surface area contributed by atoms with Gasteiger partial charge in [0.1, 0.15) is 17.3 Å². The summed E-state index contributed by atoms with van der Waals surface area (Å²) in [6, 6.07) is 19.1. The van der Waals surface area contributed by atoms with Gasteiger partial charge in [-0.3, -0.25) is 0 Å². The third-order valence-electron chi connectivity index (χ3n) is 4.03. The molecule has 0 spiro atoms. The van der Waals surface area contributed by atoms with Crippen LogP contribution in [0.5, 0.6) is 11.5 Å². The first-order chi connectivity index (χ1) is 12.7. The van der Waals surface area contributed by atoms with Crippen molar-refractivity contribution in [3.8, 4) is 11.5 Å². The van der Waals surface area contributed by atoms with Crippen LogP contribution in [0.4, 0.5) is 0 Å². The van der Waals surface area contributed by atoms with Crippen molar-refractivity contribution in [1.29, 1.82) is 0 Å². The minimum Gasteiger partial charge on any atom is -0.457 e. The average molecular weight is 360 g/mol. The van der Waals surface area contributed by atoms with Crippen LogP contribution in [-0.2, 0) is 9.53 Å². The second kappa shape index (κ2) is 7.02. The molecule has 0 atom stereocenters. The van der Waals surface area contributed by atoms with Gasteiger partial charge < -0.3 is 9.47 Å². The minimum atomic E-state index is -0.322. The first-order valence-corrected chi connectivity index (χ1v) is 9.10. The van der Waals surface area contributed by atoms with Crippen molar-refractivity contribution in [3.05, 3.63) is 93.7 Å². The topological polar surface area (TPSA) is 35.5 Å². The summed E-state index contributed by atoms with van der Waals surface area (Å²) >= 11 is 1.61. The van der Waals surface area contributed by atoms with Crippen LogP contribution in [0.3, 0.4) is 0 Å². The molecule has 0 unspecified atom stereocenters. The van der Waals surface area contributed by atoms with Crippen molar-refractivity contribution >= 4 is 29.1 Å². The molecule has 0 amide bonds. The summed E-state index contributed by atoms with van der Waals surface area (Å²) in [6.07, 6.45) is 3.66. The van der Waals surface area contributed by atoms with Gasteiger partial charge in [0.15, 0.2) is 0 Å². The number of carbonyl (C=O) groups excluding carboxylic acids is 1. The Morgan fingerprint density at radius 2 is 1.69 bits per heavy atom. The lowest BCUT2D eigenvalue weighted by Gasteiger charge is -2.06. The number of carbonyl (C=O) groups is 1. The van der Waals surface area contributed by atoms with Crippen molar-refractivity contribution in [1.82, 2.24) is 0 Å². The normalized spacial score (nSPS) is 15.0. The van der Waals surface area contributed by atoms with Gasteiger partial charge in [-0.25, -0.2) is 4.79 Å². The molecule has 2 aromatic carbocycles. The Balaban J connectivity index is 1.54. The summed E-state index contributed by atoms with van der Waals surface area (Å²) in [5.74, 6) is 1.75. The van der Waals surface area contributed by atoms with Crippen molar-refractivity contribution in [2.75, 3.05) is 0 Å². The zero-order chi connectivity index (χ0) is 17.9. The molecule has 1 aliphatic heterocycles. The first-order valence-electron chi connectivity index (χ1n) is 8.22. The SMILES string of the molecule is Cc1ccsc1/C=C1\C=C(c2ccc(Oc3ccccc3)cc2)OC1=O. The monoisotopic (exact) mass is 360 g/mol. The number of aryl methyl sites for hydroxylation is 1. The molecule has 1 aliphatic rings. The summed E-state index contributed by atoms with van der Waals surface area (Å²) < 4.78 is 11.2. The molecular weight excluding hydrogens is 344 g/mol. The van der Waals surface area contributed by atoms with Gasteiger partial charge in [0.2, 0.25) is 0 Å². The van der Waals surface area contributed by atoms with Crippen LogP contribution in [0, 0.1) is 6.92 Å². The number of rotatable bonds is 4. The maximum absolute atomic E-state index is 12.1. The van der Waals surface area contributed by atoms with E-state index < -0.39 is 0 Å². The molecule has 26 heavy (non-hydrogen) atoms. The van der Waals surface area contributed by atoms with E-state index >= 15 is 0 Å². The van der Waals surface area contributed by atoms with Gasteiger partial charge in [-0.1, -0.05) is 18.2 Å². The van der Waals surface area contributed by atoms with E-state index in [0.717, 1.165) is 27.5 Å². The molecule has 3 nitrogen and oxygen atoms in total. The van der Waals surface area contributed by atoms with Gasteiger partial charge in [-0.05, 0) is 72.5 Å². The van der Waals surface area contributed by atoms with E-state index in [1.807, 2.05) is 79.0 Å². The zero-order valence-electron chi connectivity index (χ0n) is 14.1. The fourth-order valence-electron chi connectivity index (χ4n) is 2.62. The quantitative estimate of drug-likeness (QED) is 0.434. The predicted molar refractivity (Wildman–Crippen MR) is 104 cm³/mol. The van der Waals surface area contributed by atoms with Crippen molar-refractivity contribution in [3.63, 3.8) is 0 Å². The second-order valence-electron chi connectivity index (χ2n) is 5.91. The second-order valence-corrected chi connectivity index (χ2v) is 6.85. The van der Waals surface area contributed by atoms with E-state index in [1.54, 1.807) is 17.4 Å². The molecule has 0 N–H and O–H groups in total. The molecule has 3 aromatic rings. The van der Waals surface area contributed by atoms with Crippen molar-refractivity contribution in [2.24, 2.45) is 0 Å². The standard InChI is InChI=1S/C22H16O3S/c1-15-11-12-26-21(15)14-17-13-20(25-22(17)23)16-7-9-19(10-8-16)24-18-5-3-2-4-6-18/h2-14H,1H3/b17-14+. The summed E-state index contributed by atoms with van der Waals surface area (Å²) in [5, 5.41) is 2.01. The fraction of sp³-hybridized carbons (Fsp3) is 0.0455. The summed E-state index contributed by atoms with van der Waals surface area (Å²) in [4.78, 5) is 13.2. The van der Waals surface area contributed by atoms with Gasteiger partial charge in [-0.15, -0.1) is 11.3 Å². The molecule has 2 heterocycles. The number of esters is 1. The summed E-state index contributed by atoms with van der Waals surface area (Å²) in [6.45, 7) is 2.03. The highest BCUT2D eigenvalue weighted by atomic mass is 32.1. The van der Waals surface area contributed by atoms with Gasteiger partial charge in [0.25, 0.3) is 0 Å². The molecule has 0 bridgehead atoms. The Morgan fingerprint density at radius 1 is 0.962 bits per heavy atom. The van der Waals surface area contributed by atoms with Crippen LogP contribution in [-0.4, -0.2) is 5.97 Å². The van der Waals surface area contributed by atoms with Crippen LogP contribution < -0.4 is 4.74 Å². The van der Waals surface area contributed by atoms with Gasteiger partial charge in [0, 0.05) is 10.4 Å². The lowest BCUT2D eigenvalue weighted by atomic mass is 10.1. The van der Waals surface area contributed by atoms with Crippen LogP contribution in [0.25, 0.3) is 11.8 Å². The number of cyclic esters (lactones) is 1. The number of benzene rings is 2. The molecule has 4 rings (SSSR count). The molecular formula is C22H16O3S. The third-order valence-corrected chi connectivity index (χ3v) is 5.00. The Labute approximate surface area is 155 Å². The highest BCUT2D eigenvalue weighted by Crippen LogP contribution is 2.30. The number of ether oxygens (including phenoxy) is 2. The highest BCUT2D eigenvalue weighted by Gasteiger charge is 2.22. The van der Waals surface area contributed by atoms with E-state index in [1.165, 1.54) is 0 Å². The predicted octanol–water partition coefficient (Wildman–Crippen LogP) is 5.83. The first kappa shape index (κ1) is 16.4. The van der Waals surface area contributed by atoms with Gasteiger partial charge >= 0.3 is 5.97 Å². The summed E-state index contributed by atoms with van der Waals surface area (Å²) in [7, 11) is 0. The molecule has 0 saturated heterocycles. The molecule has 4 heteroatoms. The number of para-hydroxylation sites is 1. The Hall–Kier alpha value is -3.11. The molecule has 128 valence electrons. The van der Waals surface area contributed by atoms with Gasteiger partial charge in [0.05, 0.1) is 5.57 Å². The Bertz CT molecular complexity index is 995. The summed E-state index contributed by atoms with van der Waals surface area (Å²) in [5.41, 5.74) is 2.56. The molecule has 0 radical (unpaired) electrons. The largest absolute Gasteiger partial charge is 0.457 e.